The molecule has 1 saturated heterocycles. The van der Waals surface area contributed by atoms with Gasteiger partial charge in [0.25, 0.3) is 16.4 Å². The summed E-state index contributed by atoms with van der Waals surface area (Å²) < 4.78 is 59.8. The van der Waals surface area contributed by atoms with Crippen molar-refractivity contribution in [2.24, 2.45) is 0 Å². The number of carbonyl (C=O) groups excluding carboxylic acids is 1. The number of hydrogen-bond acceptors (Lipinski definition) is 5. The zero-order valence-corrected chi connectivity index (χ0v) is 20.2. The molecule has 36 heavy (non-hydrogen) atoms. The number of likely N-dealkylation sites (tertiary alicyclic amines) is 1. The van der Waals surface area contributed by atoms with E-state index in [0.29, 0.717) is 31.6 Å². The third-order valence-corrected chi connectivity index (χ3v) is 8.75. The lowest BCUT2D eigenvalue weighted by molar-refractivity contribution is 0.0791. The van der Waals surface area contributed by atoms with Gasteiger partial charge in [-0.15, -0.1) is 0 Å². The second kappa shape index (κ2) is 9.50. The molecule has 188 valence electrons. The van der Waals surface area contributed by atoms with Crippen LogP contribution < -0.4 is 4.31 Å². The fourth-order valence-electron chi connectivity index (χ4n) is 4.98. The van der Waals surface area contributed by atoms with E-state index in [-0.39, 0.29) is 23.6 Å². The van der Waals surface area contributed by atoms with Crippen LogP contribution in [0.25, 0.3) is 0 Å². The molecule has 0 radical (unpaired) electrons. The van der Waals surface area contributed by atoms with E-state index in [2.05, 4.69) is 4.98 Å². The Morgan fingerprint density at radius 2 is 1.75 bits per heavy atom. The SMILES string of the molecule is O=C(OCc1cccnc1)N1CCC2(CC1)CN(S(=O)(=O)c1ccc(C(F)F)cc1)c1ccccc12. The van der Waals surface area contributed by atoms with Crippen LogP contribution in [-0.4, -0.2) is 44.0 Å². The third-order valence-electron chi connectivity index (χ3n) is 6.97. The lowest BCUT2D eigenvalue weighted by Crippen LogP contribution is -2.47. The van der Waals surface area contributed by atoms with Crippen LogP contribution in [0.2, 0.25) is 0 Å². The minimum Gasteiger partial charge on any atom is -0.444 e. The number of pyridine rings is 1. The minimum absolute atomic E-state index is 0.0323. The number of fused-ring (bicyclic) bond motifs is 2. The van der Waals surface area contributed by atoms with Crippen LogP contribution in [0, 0.1) is 0 Å². The maximum Gasteiger partial charge on any atom is 0.410 e. The summed E-state index contributed by atoms with van der Waals surface area (Å²) in [6.45, 7) is 1.21. The van der Waals surface area contributed by atoms with Gasteiger partial charge in [0.2, 0.25) is 0 Å². The Balaban J connectivity index is 1.32. The summed E-state index contributed by atoms with van der Waals surface area (Å²) >= 11 is 0. The molecule has 0 saturated carbocycles. The van der Waals surface area contributed by atoms with Gasteiger partial charge >= 0.3 is 6.09 Å². The van der Waals surface area contributed by atoms with Crippen LogP contribution in [0.4, 0.5) is 19.3 Å². The molecule has 0 N–H and O–H groups in total. The summed E-state index contributed by atoms with van der Waals surface area (Å²) in [6.07, 6.45) is 1.35. The molecule has 0 unspecified atom stereocenters. The van der Waals surface area contributed by atoms with Crippen molar-refractivity contribution in [2.45, 2.75) is 36.2 Å². The molecule has 2 aromatic carbocycles. The number of anilines is 1. The van der Waals surface area contributed by atoms with Gasteiger partial charge in [0.1, 0.15) is 6.61 Å². The van der Waals surface area contributed by atoms with E-state index >= 15 is 0 Å². The number of benzene rings is 2. The number of halogens is 2. The minimum atomic E-state index is -3.96. The predicted molar refractivity (Wildman–Crippen MR) is 129 cm³/mol. The summed E-state index contributed by atoms with van der Waals surface area (Å²) in [4.78, 5) is 18.3. The van der Waals surface area contributed by atoms with Gasteiger partial charge in [0.05, 0.1) is 10.6 Å². The van der Waals surface area contributed by atoms with Gasteiger partial charge in [-0.1, -0.05) is 36.4 Å². The van der Waals surface area contributed by atoms with Gasteiger partial charge in [0, 0.05) is 48.6 Å². The summed E-state index contributed by atoms with van der Waals surface area (Å²) in [5.41, 5.74) is 1.62. The highest BCUT2D eigenvalue weighted by Crippen LogP contribution is 2.48. The molecule has 1 spiro atoms. The van der Waals surface area contributed by atoms with Crippen molar-refractivity contribution in [1.82, 2.24) is 9.88 Å². The Morgan fingerprint density at radius 1 is 1.03 bits per heavy atom. The van der Waals surface area contributed by atoms with Crippen molar-refractivity contribution in [3.63, 3.8) is 0 Å². The molecule has 2 aliphatic heterocycles. The van der Waals surface area contributed by atoms with Gasteiger partial charge in [-0.25, -0.2) is 22.0 Å². The van der Waals surface area contributed by atoms with Crippen molar-refractivity contribution in [1.29, 1.82) is 0 Å². The second-order valence-corrected chi connectivity index (χ2v) is 10.9. The number of sulfonamides is 1. The largest absolute Gasteiger partial charge is 0.444 e. The molecule has 2 aliphatic rings. The first-order chi connectivity index (χ1) is 17.3. The van der Waals surface area contributed by atoms with Gasteiger partial charge in [-0.3, -0.25) is 9.29 Å². The number of carbonyl (C=O) groups is 1. The molecule has 1 amide bonds. The first kappa shape index (κ1) is 24.2. The Bertz CT molecular complexity index is 1340. The lowest BCUT2D eigenvalue weighted by atomic mass is 9.74. The normalized spacial score (nSPS) is 16.9. The Morgan fingerprint density at radius 3 is 2.42 bits per heavy atom. The number of para-hydroxylation sites is 1. The average Bonchev–Trinajstić information content (AvgIpc) is 3.23. The van der Waals surface area contributed by atoms with E-state index in [1.807, 2.05) is 18.2 Å². The van der Waals surface area contributed by atoms with E-state index in [1.165, 1.54) is 16.4 Å². The summed E-state index contributed by atoms with van der Waals surface area (Å²) in [6, 6.07) is 15.7. The molecule has 3 aromatic rings. The van der Waals surface area contributed by atoms with Gasteiger partial charge < -0.3 is 9.64 Å². The van der Waals surface area contributed by atoms with Crippen LogP contribution in [0.1, 0.15) is 36.0 Å². The fourth-order valence-corrected chi connectivity index (χ4v) is 6.55. The number of ether oxygens (including phenoxy) is 1. The fraction of sp³-hybridized carbons (Fsp3) is 0.308. The first-order valence-electron chi connectivity index (χ1n) is 11.6. The number of amides is 1. The lowest BCUT2D eigenvalue weighted by Gasteiger charge is -2.39. The molecule has 3 heterocycles. The number of piperidine rings is 1. The number of nitrogens with zero attached hydrogens (tertiary/aromatic N) is 3. The van der Waals surface area contributed by atoms with Crippen LogP contribution in [0.3, 0.4) is 0 Å². The molecule has 0 atom stereocenters. The van der Waals surface area contributed by atoms with Crippen LogP contribution >= 0.6 is 0 Å². The highest BCUT2D eigenvalue weighted by Gasteiger charge is 2.48. The third kappa shape index (κ3) is 4.41. The van der Waals surface area contributed by atoms with Crippen molar-refractivity contribution in [3.8, 4) is 0 Å². The van der Waals surface area contributed by atoms with E-state index in [0.717, 1.165) is 23.3 Å². The smallest absolute Gasteiger partial charge is 0.410 e. The summed E-state index contributed by atoms with van der Waals surface area (Å²) in [7, 11) is -3.96. The number of hydrogen-bond donors (Lipinski definition) is 0. The standard InChI is InChI=1S/C26H25F2N3O4S/c27-24(28)20-7-9-21(10-8-20)36(33,34)31-18-26(22-5-1-2-6-23(22)31)11-14-30(15-12-26)25(32)35-17-19-4-3-13-29-16-19/h1-10,13,16,24H,11-12,14-15,17-18H2. The molecule has 1 fully saturated rings. The number of alkyl halides is 2. The van der Waals surface area contributed by atoms with Crippen LogP contribution in [0.15, 0.2) is 78.0 Å². The highest BCUT2D eigenvalue weighted by atomic mass is 32.2. The topological polar surface area (TPSA) is 79.8 Å². The molecule has 0 bridgehead atoms. The molecule has 5 rings (SSSR count). The molecular weight excluding hydrogens is 488 g/mol. The predicted octanol–water partition coefficient (Wildman–Crippen LogP) is 4.90. The molecule has 0 aliphatic carbocycles. The van der Waals surface area contributed by atoms with Crippen molar-refractivity contribution < 1.29 is 26.7 Å². The monoisotopic (exact) mass is 513 g/mol. The zero-order chi connectivity index (χ0) is 25.3. The quantitative estimate of drug-likeness (QED) is 0.485. The van der Waals surface area contributed by atoms with Crippen LogP contribution in [0.5, 0.6) is 0 Å². The Hall–Kier alpha value is -3.53. The molecule has 1 aromatic heterocycles. The average molecular weight is 514 g/mol. The van der Waals surface area contributed by atoms with Crippen molar-refractivity contribution in [3.05, 3.63) is 89.7 Å². The number of rotatable bonds is 5. The van der Waals surface area contributed by atoms with Crippen LogP contribution in [-0.2, 0) is 26.8 Å². The van der Waals surface area contributed by atoms with Gasteiger partial charge in [-0.05, 0) is 42.7 Å². The molecule has 10 heteroatoms. The Kier molecular flexibility index (Phi) is 6.38. The number of aromatic nitrogens is 1. The van der Waals surface area contributed by atoms with E-state index in [1.54, 1.807) is 35.5 Å². The summed E-state index contributed by atoms with van der Waals surface area (Å²) in [5, 5.41) is 0. The Labute approximate surface area is 208 Å². The van der Waals surface area contributed by atoms with E-state index in [4.69, 9.17) is 4.74 Å². The summed E-state index contributed by atoms with van der Waals surface area (Å²) in [5.74, 6) is 0. The first-order valence-corrected chi connectivity index (χ1v) is 13.1. The van der Waals surface area contributed by atoms with Gasteiger partial charge in [0.15, 0.2) is 0 Å². The zero-order valence-electron chi connectivity index (χ0n) is 19.4. The molecular formula is C26H25F2N3O4S. The molecule has 7 nitrogen and oxygen atoms in total. The van der Waals surface area contributed by atoms with E-state index in [9.17, 15) is 22.0 Å². The van der Waals surface area contributed by atoms with E-state index < -0.39 is 28.0 Å². The van der Waals surface area contributed by atoms with Crippen molar-refractivity contribution >= 4 is 21.8 Å². The van der Waals surface area contributed by atoms with Gasteiger partial charge in [-0.2, -0.15) is 0 Å². The maximum atomic E-state index is 13.5. The second-order valence-electron chi connectivity index (χ2n) is 9.08. The maximum absolute atomic E-state index is 13.5. The van der Waals surface area contributed by atoms with Crippen molar-refractivity contribution in [2.75, 3.05) is 23.9 Å². The highest BCUT2D eigenvalue weighted by molar-refractivity contribution is 7.92.